The molecule has 0 amide bonds. The van der Waals surface area contributed by atoms with Crippen molar-refractivity contribution in [3.05, 3.63) is 0 Å². The maximum atomic E-state index is 9.24. The van der Waals surface area contributed by atoms with Crippen molar-refractivity contribution < 1.29 is 10.2 Å². The fourth-order valence-electron chi connectivity index (χ4n) is 0.626. The van der Waals surface area contributed by atoms with E-state index in [0.29, 0.717) is 0 Å². The van der Waals surface area contributed by atoms with Crippen molar-refractivity contribution in [2.24, 2.45) is 0 Å². The molecule has 1 atom stereocenters. The first-order valence-corrected chi connectivity index (χ1v) is 5.99. The van der Waals surface area contributed by atoms with E-state index in [4.69, 9.17) is 5.11 Å². The quantitative estimate of drug-likeness (QED) is 0.474. The summed E-state index contributed by atoms with van der Waals surface area (Å²) in [6, 6.07) is 0. The van der Waals surface area contributed by atoms with Crippen LogP contribution in [0, 0.1) is 0 Å². The van der Waals surface area contributed by atoms with Crippen LogP contribution in [-0.4, -0.2) is 39.5 Å². The molecule has 0 aromatic rings. The molecule has 0 heterocycles. The van der Waals surface area contributed by atoms with Crippen molar-refractivity contribution in [2.75, 3.05) is 23.9 Å². The molecule has 68 valence electrons. The molecule has 0 radical (unpaired) electrons. The molecular weight excluding hydrogens is 180 g/mol. The minimum atomic E-state index is -0.216. The predicted molar refractivity (Wildman–Crippen MR) is 53.2 cm³/mol. The second kappa shape index (κ2) is 8.71. The summed E-state index contributed by atoms with van der Waals surface area (Å²) in [5.41, 5.74) is -0.216. The molecule has 11 heavy (non-hydrogen) atoms. The molecule has 0 aromatic heterocycles. The van der Waals surface area contributed by atoms with Crippen molar-refractivity contribution in [2.45, 2.75) is 18.8 Å². The second-order valence-electron chi connectivity index (χ2n) is 2.03. The van der Waals surface area contributed by atoms with Crippen LogP contribution < -0.4 is 0 Å². The molecule has 0 aliphatic rings. The van der Waals surface area contributed by atoms with Crippen LogP contribution in [0.1, 0.15) is 13.3 Å². The Bertz CT molecular complexity index is 80.8. The van der Waals surface area contributed by atoms with Gasteiger partial charge in [0.25, 0.3) is 0 Å². The Morgan fingerprint density at radius 3 is 2.64 bits per heavy atom. The van der Waals surface area contributed by atoms with Crippen LogP contribution in [0.15, 0.2) is 0 Å². The van der Waals surface area contributed by atoms with Gasteiger partial charge in [-0.05, 0) is 17.9 Å². The Labute approximate surface area is 76.8 Å². The van der Waals surface area contributed by atoms with Crippen molar-refractivity contribution in [3.63, 3.8) is 0 Å². The van der Waals surface area contributed by atoms with E-state index in [2.05, 4.69) is 0 Å². The summed E-state index contributed by atoms with van der Waals surface area (Å²) in [5, 5.41) is 17.7. The van der Waals surface area contributed by atoms with Crippen LogP contribution in [0.25, 0.3) is 0 Å². The van der Waals surface area contributed by atoms with Gasteiger partial charge in [-0.1, -0.05) is 6.92 Å². The Morgan fingerprint density at radius 1 is 1.36 bits per heavy atom. The van der Waals surface area contributed by atoms with Crippen LogP contribution in [-0.2, 0) is 0 Å². The average Bonchev–Trinajstić information content (AvgIpc) is 1.99. The third-order valence-corrected chi connectivity index (χ3v) is 3.05. The van der Waals surface area contributed by atoms with Crippen LogP contribution in [0.5, 0.6) is 0 Å². The van der Waals surface area contributed by atoms with Gasteiger partial charge < -0.3 is 10.2 Å². The number of aliphatic hydroxyl groups excluding tert-OH is 2. The van der Waals surface area contributed by atoms with E-state index in [1.807, 2.05) is 6.92 Å². The fraction of sp³-hybridized carbons (Fsp3) is 1.00. The molecular formula is C7H16O2S2. The smallest absolute Gasteiger partial charge is 0.100 e. The normalized spacial score (nSPS) is 13.4. The van der Waals surface area contributed by atoms with E-state index in [0.717, 1.165) is 23.7 Å². The summed E-state index contributed by atoms with van der Waals surface area (Å²) in [4.78, 5) is 0. The zero-order valence-electron chi connectivity index (χ0n) is 6.82. The van der Waals surface area contributed by atoms with Gasteiger partial charge in [0.05, 0.1) is 6.61 Å². The molecule has 1 unspecified atom stereocenters. The van der Waals surface area contributed by atoms with Crippen LogP contribution >= 0.6 is 23.5 Å². The highest BCUT2D eigenvalue weighted by molar-refractivity contribution is 8.00. The predicted octanol–water partition coefficient (Wildman–Crippen LogP) is 1.17. The lowest BCUT2D eigenvalue weighted by atomic mass is 10.5. The summed E-state index contributed by atoms with van der Waals surface area (Å²) >= 11 is 3.25. The van der Waals surface area contributed by atoms with Crippen molar-refractivity contribution in [1.82, 2.24) is 0 Å². The van der Waals surface area contributed by atoms with Gasteiger partial charge >= 0.3 is 0 Å². The molecule has 0 spiro atoms. The van der Waals surface area contributed by atoms with Crippen molar-refractivity contribution in [1.29, 1.82) is 0 Å². The van der Waals surface area contributed by atoms with Gasteiger partial charge in [0.2, 0.25) is 0 Å². The highest BCUT2D eigenvalue weighted by Gasteiger charge is 2.01. The van der Waals surface area contributed by atoms with E-state index in [9.17, 15) is 5.11 Å². The van der Waals surface area contributed by atoms with Crippen LogP contribution in [0.2, 0.25) is 0 Å². The lowest BCUT2D eigenvalue weighted by molar-refractivity contribution is 0.261. The average molecular weight is 196 g/mol. The van der Waals surface area contributed by atoms with Gasteiger partial charge in [0.15, 0.2) is 0 Å². The van der Waals surface area contributed by atoms with E-state index in [1.54, 1.807) is 23.5 Å². The third-order valence-electron chi connectivity index (χ3n) is 1.10. The van der Waals surface area contributed by atoms with E-state index < -0.39 is 0 Å². The van der Waals surface area contributed by atoms with E-state index in [1.165, 1.54) is 0 Å². The maximum Gasteiger partial charge on any atom is 0.100 e. The zero-order chi connectivity index (χ0) is 8.53. The minimum Gasteiger partial charge on any atom is -0.396 e. The Kier molecular flexibility index (Phi) is 9.21. The first-order valence-electron chi connectivity index (χ1n) is 3.79. The number of thioether (sulfide) groups is 2. The molecule has 0 rings (SSSR count). The van der Waals surface area contributed by atoms with Crippen LogP contribution in [0.3, 0.4) is 0 Å². The molecule has 0 fully saturated rings. The molecule has 0 aromatic carbocycles. The summed E-state index contributed by atoms with van der Waals surface area (Å²) in [7, 11) is 0. The molecule has 0 saturated heterocycles. The van der Waals surface area contributed by atoms with Gasteiger partial charge in [-0.2, -0.15) is 11.8 Å². The molecule has 2 nitrogen and oxygen atoms in total. The fourth-order valence-corrected chi connectivity index (χ4v) is 2.17. The van der Waals surface area contributed by atoms with E-state index >= 15 is 0 Å². The summed E-state index contributed by atoms with van der Waals surface area (Å²) < 4.78 is 0. The zero-order valence-corrected chi connectivity index (χ0v) is 8.46. The first kappa shape index (κ1) is 11.6. The second-order valence-corrected chi connectivity index (χ2v) is 4.71. The SMILES string of the molecule is CCSC(O)CCSCCO. The Balaban J connectivity index is 2.97. The Morgan fingerprint density at radius 2 is 2.09 bits per heavy atom. The van der Waals surface area contributed by atoms with Crippen LogP contribution in [0.4, 0.5) is 0 Å². The monoisotopic (exact) mass is 196 g/mol. The lowest BCUT2D eigenvalue weighted by Gasteiger charge is -2.07. The molecule has 0 aliphatic heterocycles. The molecule has 0 saturated carbocycles. The van der Waals surface area contributed by atoms with Crippen molar-refractivity contribution >= 4 is 23.5 Å². The maximum absolute atomic E-state index is 9.24. The number of hydrogen-bond acceptors (Lipinski definition) is 4. The lowest BCUT2D eigenvalue weighted by Crippen LogP contribution is -2.03. The third kappa shape index (κ3) is 8.53. The largest absolute Gasteiger partial charge is 0.396 e. The summed E-state index contributed by atoms with van der Waals surface area (Å²) in [6.45, 7) is 2.27. The highest BCUT2D eigenvalue weighted by Crippen LogP contribution is 2.13. The molecule has 2 N–H and O–H groups in total. The standard InChI is InChI=1S/C7H16O2S2/c1-2-11-7(9)3-5-10-6-4-8/h7-9H,2-6H2,1H3. The van der Waals surface area contributed by atoms with Gasteiger partial charge in [0, 0.05) is 5.75 Å². The minimum absolute atomic E-state index is 0.216. The summed E-state index contributed by atoms with van der Waals surface area (Å²) in [6.07, 6.45) is 0.823. The van der Waals surface area contributed by atoms with Crippen molar-refractivity contribution in [3.8, 4) is 0 Å². The van der Waals surface area contributed by atoms with Gasteiger partial charge in [0.1, 0.15) is 5.44 Å². The highest BCUT2D eigenvalue weighted by atomic mass is 32.2. The number of aliphatic hydroxyl groups is 2. The molecule has 4 heteroatoms. The van der Waals surface area contributed by atoms with E-state index in [-0.39, 0.29) is 12.0 Å². The Hall–Kier alpha value is 0.620. The molecule has 0 aliphatic carbocycles. The number of rotatable bonds is 7. The topological polar surface area (TPSA) is 40.5 Å². The first-order chi connectivity index (χ1) is 5.31. The summed E-state index contributed by atoms with van der Waals surface area (Å²) in [5.74, 6) is 2.68. The van der Waals surface area contributed by atoms with Gasteiger partial charge in [-0.15, -0.1) is 11.8 Å². The van der Waals surface area contributed by atoms with Gasteiger partial charge in [-0.25, -0.2) is 0 Å². The molecule has 0 bridgehead atoms. The number of hydrogen-bond donors (Lipinski definition) is 2. The van der Waals surface area contributed by atoms with Gasteiger partial charge in [-0.3, -0.25) is 0 Å².